The molecule has 2 unspecified atom stereocenters. The first-order valence-electron chi connectivity index (χ1n) is 14.1. The van der Waals surface area contributed by atoms with E-state index in [0.29, 0.717) is 52.1 Å². The number of piperidine rings is 1. The molecule has 2 atom stereocenters. The van der Waals surface area contributed by atoms with Crippen LogP contribution in [0.2, 0.25) is 0 Å². The molecule has 1 aliphatic heterocycles. The first-order chi connectivity index (χ1) is 20.5. The van der Waals surface area contributed by atoms with Gasteiger partial charge in [-0.3, -0.25) is 9.48 Å². The molecule has 4 aromatic rings. The number of fused-ring (bicyclic) bond motifs is 1. The number of likely N-dealkylation sites (tertiary alicyclic amines) is 1. The number of methoxy groups -OCH3 is 1. The summed E-state index contributed by atoms with van der Waals surface area (Å²) < 4.78 is 26.9. The van der Waals surface area contributed by atoms with Crippen LogP contribution < -0.4 is 20.5 Å². The Balaban J connectivity index is 1.29. The van der Waals surface area contributed by atoms with E-state index in [9.17, 15) is 14.3 Å². The van der Waals surface area contributed by atoms with Gasteiger partial charge in [0.15, 0.2) is 17.5 Å². The Hall–Kier alpha value is -4.29. The minimum atomic E-state index is -0.978. The molecule has 0 spiro atoms. The number of aliphatic hydroxyl groups excluding tert-OH is 1. The molecule has 1 aliphatic rings. The minimum absolute atomic E-state index is 0.218. The molecular formula is C30H36FN7O4. The lowest BCUT2D eigenvalue weighted by molar-refractivity contribution is -0.120. The molecule has 0 radical (unpaired) electrons. The van der Waals surface area contributed by atoms with E-state index in [1.807, 2.05) is 12.1 Å². The van der Waals surface area contributed by atoms with Gasteiger partial charge in [0.05, 0.1) is 31.1 Å². The number of carbonyl (C=O) groups is 1. The number of carbonyl (C=O) groups excluding carboxylic acids is 1. The topological polar surface area (TPSA) is 141 Å². The summed E-state index contributed by atoms with van der Waals surface area (Å²) >= 11 is 0. The van der Waals surface area contributed by atoms with Crippen molar-refractivity contribution in [3.63, 3.8) is 0 Å². The van der Waals surface area contributed by atoms with Gasteiger partial charge in [-0.2, -0.15) is 5.10 Å². The molecule has 4 N–H and O–H groups in total. The van der Waals surface area contributed by atoms with Gasteiger partial charge in [-0.1, -0.05) is 18.6 Å². The number of hydrogen-bond donors (Lipinski definition) is 3. The normalized spacial score (nSPS) is 16.3. The van der Waals surface area contributed by atoms with Crippen molar-refractivity contribution in [2.45, 2.75) is 44.2 Å². The number of ether oxygens (including phenoxy) is 2. The van der Waals surface area contributed by atoms with Gasteiger partial charge in [-0.05, 0) is 56.0 Å². The summed E-state index contributed by atoms with van der Waals surface area (Å²) in [6.45, 7) is 2.71. The molecular weight excluding hydrogens is 541 g/mol. The van der Waals surface area contributed by atoms with E-state index in [1.165, 1.54) is 48.2 Å². The molecule has 3 heterocycles. The van der Waals surface area contributed by atoms with Crippen LogP contribution in [0.5, 0.6) is 11.5 Å². The highest BCUT2D eigenvalue weighted by Gasteiger charge is 2.23. The molecule has 2 aromatic heterocycles. The minimum Gasteiger partial charge on any atom is -0.493 e. The van der Waals surface area contributed by atoms with Crippen molar-refractivity contribution in [1.29, 1.82) is 0 Å². The van der Waals surface area contributed by atoms with Gasteiger partial charge in [0, 0.05) is 36.8 Å². The number of halogens is 1. The van der Waals surface area contributed by atoms with Crippen LogP contribution >= 0.6 is 0 Å². The zero-order chi connectivity index (χ0) is 29.5. The summed E-state index contributed by atoms with van der Waals surface area (Å²) in [5.41, 5.74) is 7.23. The largest absolute Gasteiger partial charge is 0.493 e. The van der Waals surface area contributed by atoms with Crippen molar-refractivity contribution in [3.05, 3.63) is 66.5 Å². The van der Waals surface area contributed by atoms with Crippen molar-refractivity contribution in [2.24, 2.45) is 5.73 Å². The Morgan fingerprint density at radius 2 is 2.12 bits per heavy atom. The Morgan fingerprint density at radius 3 is 2.90 bits per heavy atom. The van der Waals surface area contributed by atoms with E-state index in [-0.39, 0.29) is 6.61 Å². The number of hydrogen-bond acceptors (Lipinski definition) is 9. The Kier molecular flexibility index (Phi) is 9.45. The number of aliphatic hydroxyl groups is 1. The number of benzene rings is 2. The van der Waals surface area contributed by atoms with E-state index >= 15 is 0 Å². The highest BCUT2D eigenvalue weighted by atomic mass is 19.1. The molecule has 2 aromatic carbocycles. The van der Waals surface area contributed by atoms with Crippen molar-refractivity contribution in [3.8, 4) is 11.5 Å². The van der Waals surface area contributed by atoms with Gasteiger partial charge in [0.1, 0.15) is 18.0 Å². The van der Waals surface area contributed by atoms with E-state index in [2.05, 4.69) is 25.3 Å². The average molecular weight is 578 g/mol. The maximum absolute atomic E-state index is 13.8. The molecule has 222 valence electrons. The van der Waals surface area contributed by atoms with Crippen LogP contribution in [0.3, 0.4) is 0 Å². The molecule has 11 nitrogen and oxygen atoms in total. The first kappa shape index (κ1) is 29.2. The lowest BCUT2D eigenvalue weighted by Gasteiger charge is -2.35. The van der Waals surface area contributed by atoms with Crippen LogP contribution in [-0.2, 0) is 4.79 Å². The van der Waals surface area contributed by atoms with Crippen molar-refractivity contribution in [2.75, 3.05) is 38.7 Å². The second kappa shape index (κ2) is 13.6. The van der Waals surface area contributed by atoms with Crippen LogP contribution in [0.4, 0.5) is 15.9 Å². The maximum Gasteiger partial charge on any atom is 0.246 e. The van der Waals surface area contributed by atoms with E-state index < -0.39 is 17.8 Å². The quantitative estimate of drug-likeness (QED) is 0.202. The number of rotatable bonds is 13. The molecule has 12 heteroatoms. The summed E-state index contributed by atoms with van der Waals surface area (Å²) in [5, 5.41) is 17.6. The molecule has 0 bridgehead atoms. The van der Waals surface area contributed by atoms with Gasteiger partial charge in [-0.25, -0.2) is 14.4 Å². The SMILES string of the molecule is COc1cc2c(Nc3cnn(C(C(N)=O)c4cccc(F)c4)c3)ncnc2cc1OCCCN1CCCCC1CCO. The number of amides is 1. The Morgan fingerprint density at radius 1 is 1.24 bits per heavy atom. The van der Waals surface area contributed by atoms with Crippen LogP contribution in [0.15, 0.2) is 55.1 Å². The molecule has 5 rings (SSSR count). The lowest BCUT2D eigenvalue weighted by atomic mass is 9.99. The fourth-order valence-corrected chi connectivity index (χ4v) is 5.52. The van der Waals surface area contributed by atoms with E-state index in [4.69, 9.17) is 15.2 Å². The highest BCUT2D eigenvalue weighted by molar-refractivity contribution is 5.93. The van der Waals surface area contributed by atoms with Gasteiger partial charge < -0.3 is 30.5 Å². The third-order valence-corrected chi connectivity index (χ3v) is 7.54. The zero-order valence-corrected chi connectivity index (χ0v) is 23.6. The predicted molar refractivity (Wildman–Crippen MR) is 156 cm³/mol. The van der Waals surface area contributed by atoms with E-state index in [0.717, 1.165) is 32.4 Å². The molecule has 1 amide bonds. The van der Waals surface area contributed by atoms with Crippen LogP contribution in [-0.4, -0.2) is 75.1 Å². The van der Waals surface area contributed by atoms with E-state index in [1.54, 1.807) is 19.4 Å². The molecule has 0 aliphatic carbocycles. The Bertz CT molecular complexity index is 1510. The highest BCUT2D eigenvalue weighted by Crippen LogP contribution is 2.35. The monoisotopic (exact) mass is 577 g/mol. The number of nitrogens with one attached hydrogen (secondary N) is 1. The summed E-state index contributed by atoms with van der Waals surface area (Å²) in [6, 6.07) is 8.81. The summed E-state index contributed by atoms with van der Waals surface area (Å²) in [4.78, 5) is 23.5. The van der Waals surface area contributed by atoms with Crippen LogP contribution in [0.1, 0.15) is 43.7 Å². The number of primary amides is 1. The summed E-state index contributed by atoms with van der Waals surface area (Å²) in [5.74, 6) is 0.508. The lowest BCUT2D eigenvalue weighted by Crippen LogP contribution is -2.40. The summed E-state index contributed by atoms with van der Waals surface area (Å²) in [6.07, 6.45) is 9.80. The standard InChI is InChI=1S/C30H36FN7O4/c1-41-26-15-24-25(16-27(26)42-13-5-11-37-10-3-2-8-23(37)9-12-39)33-19-34-30(24)36-22-17-35-38(18-22)28(29(32)40)20-6-4-7-21(31)14-20/h4,6-7,14-19,23,28,39H,2-3,5,8-13H2,1H3,(H2,32,40)(H,33,34,36). The van der Waals surface area contributed by atoms with Crippen LogP contribution in [0.25, 0.3) is 10.9 Å². The van der Waals surface area contributed by atoms with Crippen molar-refractivity contribution in [1.82, 2.24) is 24.6 Å². The molecule has 1 fully saturated rings. The van der Waals surface area contributed by atoms with Gasteiger partial charge in [0.2, 0.25) is 5.91 Å². The molecule has 0 saturated carbocycles. The average Bonchev–Trinajstić information content (AvgIpc) is 3.43. The number of nitrogens with zero attached hydrogens (tertiary/aromatic N) is 5. The second-order valence-corrected chi connectivity index (χ2v) is 10.3. The second-order valence-electron chi connectivity index (χ2n) is 10.3. The maximum atomic E-state index is 13.8. The van der Waals surface area contributed by atoms with Crippen molar-refractivity contribution >= 4 is 28.3 Å². The smallest absolute Gasteiger partial charge is 0.246 e. The number of anilines is 2. The predicted octanol–water partition coefficient (Wildman–Crippen LogP) is 3.80. The zero-order valence-electron chi connectivity index (χ0n) is 23.6. The third kappa shape index (κ3) is 6.77. The van der Waals surface area contributed by atoms with Gasteiger partial charge in [-0.15, -0.1) is 0 Å². The number of aromatic nitrogens is 4. The van der Waals surface area contributed by atoms with Crippen LogP contribution in [0, 0.1) is 5.82 Å². The fraction of sp³-hybridized carbons (Fsp3) is 0.400. The Labute approximate surface area is 243 Å². The summed E-state index contributed by atoms with van der Waals surface area (Å²) in [7, 11) is 1.58. The molecule has 1 saturated heterocycles. The number of nitrogens with two attached hydrogens (primary N) is 1. The van der Waals surface area contributed by atoms with Gasteiger partial charge >= 0.3 is 0 Å². The van der Waals surface area contributed by atoms with Crippen molar-refractivity contribution < 1.29 is 23.8 Å². The van der Waals surface area contributed by atoms with Gasteiger partial charge in [0.25, 0.3) is 0 Å². The first-order valence-corrected chi connectivity index (χ1v) is 14.1. The fourth-order valence-electron chi connectivity index (χ4n) is 5.52. The molecule has 42 heavy (non-hydrogen) atoms. The third-order valence-electron chi connectivity index (χ3n) is 7.54.